The van der Waals surface area contributed by atoms with Gasteiger partial charge in [-0.05, 0) is 5.92 Å². The number of hydrogen-bond acceptors (Lipinski definition) is 7. The zero-order valence-electron chi connectivity index (χ0n) is 12.3. The Morgan fingerprint density at radius 2 is 2.10 bits per heavy atom. The van der Waals surface area contributed by atoms with Crippen LogP contribution >= 0.6 is 0 Å². The predicted molar refractivity (Wildman–Crippen MR) is 78.9 cm³/mol. The second-order valence-corrected chi connectivity index (χ2v) is 5.32. The maximum atomic E-state index is 5.32. The number of ether oxygens (including phenoxy) is 1. The van der Waals surface area contributed by atoms with Crippen molar-refractivity contribution in [3.05, 3.63) is 6.20 Å². The van der Waals surface area contributed by atoms with Gasteiger partial charge < -0.3 is 15.4 Å². The van der Waals surface area contributed by atoms with Gasteiger partial charge in [0.25, 0.3) is 0 Å². The molecule has 1 aromatic rings. The summed E-state index contributed by atoms with van der Waals surface area (Å²) in [4.78, 5) is 6.75. The maximum Gasteiger partial charge on any atom is 0.244 e. The van der Waals surface area contributed by atoms with Gasteiger partial charge in [0, 0.05) is 32.7 Å². The van der Waals surface area contributed by atoms with Crippen LogP contribution < -0.4 is 10.6 Å². The highest BCUT2D eigenvalue weighted by atomic mass is 16.5. The highest BCUT2D eigenvalue weighted by Crippen LogP contribution is 2.05. The van der Waals surface area contributed by atoms with Crippen molar-refractivity contribution in [2.24, 2.45) is 5.92 Å². The Hall–Kier alpha value is -1.47. The van der Waals surface area contributed by atoms with Crippen LogP contribution in [0, 0.1) is 5.92 Å². The molecule has 7 heteroatoms. The molecule has 1 aliphatic rings. The molecule has 1 fully saturated rings. The molecule has 0 spiro atoms. The largest absolute Gasteiger partial charge is 0.379 e. The third kappa shape index (κ3) is 5.26. The molecular weight excluding hydrogens is 256 g/mol. The number of nitrogens with zero attached hydrogens (tertiary/aromatic N) is 4. The van der Waals surface area contributed by atoms with Gasteiger partial charge in [0.15, 0.2) is 5.82 Å². The predicted octanol–water partition coefficient (Wildman–Crippen LogP) is 0.684. The van der Waals surface area contributed by atoms with Crippen LogP contribution in [0.5, 0.6) is 0 Å². The molecule has 112 valence electrons. The summed E-state index contributed by atoms with van der Waals surface area (Å²) in [5.41, 5.74) is 0. The fraction of sp³-hybridized carbons (Fsp3) is 0.769. The van der Waals surface area contributed by atoms with Crippen molar-refractivity contribution in [3.8, 4) is 0 Å². The van der Waals surface area contributed by atoms with Gasteiger partial charge in [-0.15, -0.1) is 5.10 Å². The molecule has 1 aromatic heterocycles. The van der Waals surface area contributed by atoms with Crippen LogP contribution in [0.2, 0.25) is 0 Å². The lowest BCUT2D eigenvalue weighted by Crippen LogP contribution is -2.39. The van der Waals surface area contributed by atoms with Crippen molar-refractivity contribution in [1.82, 2.24) is 20.1 Å². The molecular formula is C13H24N6O. The molecule has 0 atom stereocenters. The number of nitrogens with one attached hydrogen (secondary N) is 2. The third-order valence-corrected chi connectivity index (χ3v) is 3.07. The summed E-state index contributed by atoms with van der Waals surface area (Å²) in [5.74, 6) is 1.91. The van der Waals surface area contributed by atoms with E-state index in [4.69, 9.17) is 4.74 Å². The van der Waals surface area contributed by atoms with Crippen LogP contribution in [0.3, 0.4) is 0 Å². The zero-order valence-corrected chi connectivity index (χ0v) is 12.3. The molecule has 2 N–H and O–H groups in total. The molecule has 0 radical (unpaired) electrons. The molecule has 7 nitrogen and oxygen atoms in total. The fourth-order valence-electron chi connectivity index (χ4n) is 1.92. The minimum atomic E-state index is 0.572. The SMILES string of the molecule is CC(C)CNc1cnnc(NCCN2CCOCC2)n1. The first-order valence-electron chi connectivity index (χ1n) is 7.21. The molecule has 0 bridgehead atoms. The first-order valence-corrected chi connectivity index (χ1v) is 7.21. The number of rotatable bonds is 7. The van der Waals surface area contributed by atoms with E-state index in [2.05, 4.69) is 44.6 Å². The van der Waals surface area contributed by atoms with Crippen molar-refractivity contribution in [2.45, 2.75) is 13.8 Å². The van der Waals surface area contributed by atoms with Crippen LogP contribution in [0.15, 0.2) is 6.20 Å². The first kappa shape index (κ1) is 14.9. The van der Waals surface area contributed by atoms with E-state index in [0.29, 0.717) is 11.9 Å². The van der Waals surface area contributed by atoms with E-state index in [-0.39, 0.29) is 0 Å². The van der Waals surface area contributed by atoms with Crippen molar-refractivity contribution >= 4 is 11.8 Å². The van der Waals surface area contributed by atoms with E-state index < -0.39 is 0 Å². The van der Waals surface area contributed by atoms with Gasteiger partial charge in [-0.25, -0.2) is 0 Å². The Kier molecular flexibility index (Phi) is 5.94. The summed E-state index contributed by atoms with van der Waals surface area (Å²) < 4.78 is 5.32. The summed E-state index contributed by atoms with van der Waals surface area (Å²) in [6, 6.07) is 0. The number of hydrogen-bond donors (Lipinski definition) is 2. The molecule has 2 heterocycles. The van der Waals surface area contributed by atoms with E-state index in [1.807, 2.05) is 0 Å². The van der Waals surface area contributed by atoms with Crippen molar-refractivity contribution in [3.63, 3.8) is 0 Å². The lowest BCUT2D eigenvalue weighted by Gasteiger charge is -2.26. The van der Waals surface area contributed by atoms with Gasteiger partial charge in [-0.2, -0.15) is 10.1 Å². The average molecular weight is 280 g/mol. The molecule has 1 saturated heterocycles. The van der Waals surface area contributed by atoms with E-state index in [1.165, 1.54) is 0 Å². The summed E-state index contributed by atoms with van der Waals surface area (Å²) in [6.45, 7) is 10.6. The summed E-state index contributed by atoms with van der Waals surface area (Å²) in [6.07, 6.45) is 1.65. The van der Waals surface area contributed by atoms with Gasteiger partial charge in [0.05, 0.1) is 19.4 Å². The average Bonchev–Trinajstić information content (AvgIpc) is 2.47. The number of anilines is 2. The minimum absolute atomic E-state index is 0.572. The topological polar surface area (TPSA) is 75.2 Å². The highest BCUT2D eigenvalue weighted by Gasteiger charge is 2.09. The fourth-order valence-corrected chi connectivity index (χ4v) is 1.92. The number of aromatic nitrogens is 3. The van der Waals surface area contributed by atoms with Gasteiger partial charge >= 0.3 is 0 Å². The second kappa shape index (κ2) is 7.96. The summed E-state index contributed by atoms with van der Waals surface area (Å²) in [7, 11) is 0. The van der Waals surface area contributed by atoms with Gasteiger partial charge in [-0.1, -0.05) is 13.8 Å². The van der Waals surface area contributed by atoms with E-state index in [1.54, 1.807) is 6.20 Å². The molecule has 2 rings (SSSR count). The molecule has 0 aromatic carbocycles. The normalized spacial score (nSPS) is 16.4. The van der Waals surface area contributed by atoms with Crippen LogP contribution in [0.1, 0.15) is 13.8 Å². The van der Waals surface area contributed by atoms with Gasteiger partial charge in [0.2, 0.25) is 5.95 Å². The van der Waals surface area contributed by atoms with Gasteiger partial charge in [0.1, 0.15) is 0 Å². The van der Waals surface area contributed by atoms with E-state index >= 15 is 0 Å². The number of morpholine rings is 1. The quantitative estimate of drug-likeness (QED) is 0.761. The lowest BCUT2D eigenvalue weighted by atomic mass is 10.2. The molecule has 0 saturated carbocycles. The van der Waals surface area contributed by atoms with Crippen molar-refractivity contribution in [2.75, 3.05) is 56.6 Å². The highest BCUT2D eigenvalue weighted by molar-refractivity contribution is 5.36. The van der Waals surface area contributed by atoms with Crippen LogP contribution in [-0.4, -0.2) is 66.0 Å². The molecule has 1 aliphatic heterocycles. The Morgan fingerprint density at radius 1 is 1.30 bits per heavy atom. The molecule has 0 aliphatic carbocycles. The lowest BCUT2D eigenvalue weighted by molar-refractivity contribution is 0.0398. The monoisotopic (exact) mass is 280 g/mol. The minimum Gasteiger partial charge on any atom is -0.379 e. The van der Waals surface area contributed by atoms with E-state index in [9.17, 15) is 0 Å². The molecule has 20 heavy (non-hydrogen) atoms. The van der Waals surface area contributed by atoms with Gasteiger partial charge in [-0.3, -0.25) is 4.90 Å². The van der Waals surface area contributed by atoms with E-state index in [0.717, 1.165) is 51.8 Å². The van der Waals surface area contributed by atoms with Crippen molar-refractivity contribution < 1.29 is 4.74 Å². The van der Waals surface area contributed by atoms with Crippen LogP contribution in [-0.2, 0) is 4.74 Å². The second-order valence-electron chi connectivity index (χ2n) is 5.32. The summed E-state index contributed by atoms with van der Waals surface area (Å²) in [5, 5.41) is 14.4. The zero-order chi connectivity index (χ0) is 14.2. The van der Waals surface area contributed by atoms with Crippen molar-refractivity contribution in [1.29, 1.82) is 0 Å². The first-order chi connectivity index (χ1) is 9.74. The Morgan fingerprint density at radius 3 is 2.85 bits per heavy atom. The maximum absolute atomic E-state index is 5.32. The van der Waals surface area contributed by atoms with Crippen LogP contribution in [0.4, 0.5) is 11.8 Å². The van der Waals surface area contributed by atoms with Crippen LogP contribution in [0.25, 0.3) is 0 Å². The third-order valence-electron chi connectivity index (χ3n) is 3.07. The Balaban J connectivity index is 1.73. The molecule has 0 unspecified atom stereocenters. The molecule has 0 amide bonds. The Labute approximate surface area is 120 Å². The Bertz CT molecular complexity index is 394. The summed E-state index contributed by atoms with van der Waals surface area (Å²) >= 11 is 0. The smallest absolute Gasteiger partial charge is 0.244 e. The standard InChI is InChI=1S/C13H24N6O/c1-11(2)9-15-12-10-16-18-13(17-12)14-3-4-19-5-7-20-8-6-19/h10-11H,3-9H2,1-2H3,(H2,14,15,17,18).